The van der Waals surface area contributed by atoms with Crippen molar-refractivity contribution in [2.24, 2.45) is 0 Å². The Morgan fingerprint density at radius 1 is 1.52 bits per heavy atom. The highest BCUT2D eigenvalue weighted by Gasteiger charge is 2.33. The molecule has 0 spiro atoms. The van der Waals surface area contributed by atoms with Gasteiger partial charge >= 0.3 is 0 Å². The van der Waals surface area contributed by atoms with Crippen molar-refractivity contribution in [2.75, 3.05) is 24.7 Å². The molecule has 3 nitrogen and oxygen atoms in total. The van der Waals surface area contributed by atoms with Gasteiger partial charge in [-0.05, 0) is 54.3 Å². The van der Waals surface area contributed by atoms with Crippen molar-refractivity contribution in [2.45, 2.75) is 44.2 Å². The fraction of sp³-hybridized carbons (Fsp3) is 0.688. The van der Waals surface area contributed by atoms with Gasteiger partial charge in [0.2, 0.25) is 5.91 Å². The van der Waals surface area contributed by atoms with E-state index >= 15 is 0 Å². The van der Waals surface area contributed by atoms with E-state index in [0.29, 0.717) is 6.04 Å². The number of nitrogens with zero attached hydrogens (tertiary/aromatic N) is 1. The molecule has 1 aromatic rings. The van der Waals surface area contributed by atoms with Gasteiger partial charge in [-0.2, -0.15) is 23.1 Å². The van der Waals surface area contributed by atoms with Gasteiger partial charge in [0.15, 0.2) is 0 Å². The molecule has 2 aliphatic rings. The summed E-state index contributed by atoms with van der Waals surface area (Å²) in [6.07, 6.45) is 3.59. The van der Waals surface area contributed by atoms with Crippen molar-refractivity contribution in [1.29, 1.82) is 0 Å². The number of rotatable bonds is 5. The summed E-state index contributed by atoms with van der Waals surface area (Å²) in [7, 11) is 0. The molecule has 0 radical (unpaired) electrons. The highest BCUT2D eigenvalue weighted by molar-refractivity contribution is 7.99. The molecule has 1 amide bonds. The van der Waals surface area contributed by atoms with Crippen molar-refractivity contribution in [3.05, 3.63) is 22.4 Å². The molecular formula is C16H23NO2S2. The Morgan fingerprint density at radius 3 is 3.05 bits per heavy atom. The van der Waals surface area contributed by atoms with E-state index in [-0.39, 0.29) is 17.9 Å². The van der Waals surface area contributed by atoms with Crippen LogP contribution in [0.1, 0.15) is 37.7 Å². The van der Waals surface area contributed by atoms with E-state index in [0.717, 1.165) is 43.7 Å². The summed E-state index contributed by atoms with van der Waals surface area (Å²) in [5.41, 5.74) is 1.15. The number of hydrogen-bond donors (Lipinski definition) is 0. The lowest BCUT2D eigenvalue weighted by molar-refractivity contribution is -0.136. The summed E-state index contributed by atoms with van der Waals surface area (Å²) in [5, 5.41) is 4.14. The minimum absolute atomic E-state index is 0.0387. The van der Waals surface area contributed by atoms with Gasteiger partial charge in [0.25, 0.3) is 0 Å². The second kappa shape index (κ2) is 7.16. The summed E-state index contributed by atoms with van der Waals surface area (Å²) in [6, 6.07) is 2.47. The zero-order valence-electron chi connectivity index (χ0n) is 12.5. The Kier molecular flexibility index (Phi) is 5.24. The molecule has 0 aliphatic carbocycles. The molecular weight excluding hydrogens is 302 g/mol. The first-order valence-corrected chi connectivity index (χ1v) is 9.87. The van der Waals surface area contributed by atoms with Crippen LogP contribution in [-0.4, -0.2) is 47.6 Å². The molecule has 0 bridgehead atoms. The fourth-order valence-electron chi connectivity index (χ4n) is 3.11. The van der Waals surface area contributed by atoms with E-state index < -0.39 is 0 Å². The fourth-order valence-corrected chi connectivity index (χ4v) is 5.09. The molecule has 2 fully saturated rings. The SMILES string of the molecule is C[C@H](C(=O)N(C[C@@H]1CCCO1)[C@H]1CCSC1)c1ccsc1. The van der Waals surface area contributed by atoms with Crippen LogP contribution in [0.25, 0.3) is 0 Å². The molecule has 0 aromatic carbocycles. The van der Waals surface area contributed by atoms with Crippen LogP contribution in [0.2, 0.25) is 0 Å². The van der Waals surface area contributed by atoms with Gasteiger partial charge in [-0.25, -0.2) is 0 Å². The van der Waals surface area contributed by atoms with Crippen LogP contribution in [0.15, 0.2) is 16.8 Å². The molecule has 3 atom stereocenters. The van der Waals surface area contributed by atoms with Gasteiger partial charge in [-0.15, -0.1) is 0 Å². The molecule has 3 rings (SSSR count). The van der Waals surface area contributed by atoms with Gasteiger partial charge < -0.3 is 9.64 Å². The molecule has 1 aromatic heterocycles. The van der Waals surface area contributed by atoms with Crippen LogP contribution in [-0.2, 0) is 9.53 Å². The summed E-state index contributed by atoms with van der Waals surface area (Å²) in [6.45, 7) is 3.67. The van der Waals surface area contributed by atoms with E-state index in [1.165, 1.54) is 5.75 Å². The Bertz CT molecular complexity index is 451. The summed E-state index contributed by atoms with van der Waals surface area (Å²) >= 11 is 3.63. The van der Waals surface area contributed by atoms with E-state index in [1.54, 1.807) is 11.3 Å². The predicted molar refractivity (Wildman–Crippen MR) is 89.2 cm³/mol. The summed E-state index contributed by atoms with van der Waals surface area (Å²) in [5.74, 6) is 2.49. The lowest BCUT2D eigenvalue weighted by Gasteiger charge is -2.32. The molecule has 0 N–H and O–H groups in total. The molecule has 3 heterocycles. The maximum absolute atomic E-state index is 13.0. The molecule has 2 saturated heterocycles. The first-order chi connectivity index (χ1) is 10.3. The highest BCUT2D eigenvalue weighted by atomic mass is 32.2. The Hall–Kier alpha value is -0.520. The maximum Gasteiger partial charge on any atom is 0.230 e. The third-order valence-corrected chi connectivity index (χ3v) is 6.31. The van der Waals surface area contributed by atoms with Crippen LogP contribution in [0.4, 0.5) is 0 Å². The second-order valence-corrected chi connectivity index (χ2v) is 7.85. The summed E-state index contributed by atoms with van der Waals surface area (Å²) in [4.78, 5) is 15.1. The second-order valence-electron chi connectivity index (χ2n) is 5.92. The lowest BCUT2D eigenvalue weighted by Crippen LogP contribution is -2.46. The van der Waals surface area contributed by atoms with Crippen molar-refractivity contribution in [3.63, 3.8) is 0 Å². The third-order valence-electron chi connectivity index (χ3n) is 4.47. The van der Waals surface area contributed by atoms with Crippen LogP contribution >= 0.6 is 23.1 Å². The van der Waals surface area contributed by atoms with Crippen LogP contribution in [0, 0.1) is 0 Å². The Morgan fingerprint density at radius 2 is 2.43 bits per heavy atom. The van der Waals surface area contributed by atoms with Crippen molar-refractivity contribution in [1.82, 2.24) is 4.90 Å². The molecule has 2 aliphatic heterocycles. The molecule has 21 heavy (non-hydrogen) atoms. The van der Waals surface area contributed by atoms with Gasteiger partial charge in [0.1, 0.15) is 0 Å². The average Bonchev–Trinajstić information content (AvgIpc) is 3.26. The van der Waals surface area contributed by atoms with Crippen molar-refractivity contribution >= 4 is 29.0 Å². The first kappa shape index (κ1) is 15.4. The largest absolute Gasteiger partial charge is 0.376 e. The smallest absolute Gasteiger partial charge is 0.230 e. The van der Waals surface area contributed by atoms with Crippen molar-refractivity contribution < 1.29 is 9.53 Å². The highest BCUT2D eigenvalue weighted by Crippen LogP contribution is 2.28. The maximum atomic E-state index is 13.0. The number of thioether (sulfide) groups is 1. The number of hydrogen-bond acceptors (Lipinski definition) is 4. The molecule has 116 valence electrons. The van der Waals surface area contributed by atoms with Crippen LogP contribution in [0.3, 0.4) is 0 Å². The minimum Gasteiger partial charge on any atom is -0.376 e. The van der Waals surface area contributed by atoms with E-state index in [1.807, 2.05) is 18.7 Å². The number of ether oxygens (including phenoxy) is 1. The third kappa shape index (κ3) is 3.63. The minimum atomic E-state index is -0.0387. The van der Waals surface area contributed by atoms with Gasteiger partial charge in [-0.1, -0.05) is 0 Å². The number of thiophene rings is 1. The van der Waals surface area contributed by atoms with Crippen molar-refractivity contribution in [3.8, 4) is 0 Å². The molecule has 0 saturated carbocycles. The molecule has 0 unspecified atom stereocenters. The van der Waals surface area contributed by atoms with Crippen LogP contribution < -0.4 is 0 Å². The molecule has 5 heteroatoms. The average molecular weight is 325 g/mol. The zero-order valence-corrected chi connectivity index (χ0v) is 14.1. The standard InChI is InChI=1S/C16H23NO2S2/c1-12(13-4-7-20-10-13)16(18)17(14-5-8-21-11-14)9-15-3-2-6-19-15/h4,7,10,12,14-15H,2-3,5-6,8-9,11H2,1H3/t12-,14-,15-/m0/s1. The normalized spacial score (nSPS) is 26.9. The Balaban J connectivity index is 1.71. The first-order valence-electron chi connectivity index (χ1n) is 7.77. The zero-order chi connectivity index (χ0) is 14.7. The van der Waals surface area contributed by atoms with Gasteiger partial charge in [0, 0.05) is 24.9 Å². The van der Waals surface area contributed by atoms with E-state index in [4.69, 9.17) is 4.74 Å². The quantitative estimate of drug-likeness (QED) is 0.831. The van der Waals surface area contributed by atoms with E-state index in [2.05, 4.69) is 21.7 Å². The monoisotopic (exact) mass is 325 g/mol. The number of carbonyl (C=O) groups is 1. The topological polar surface area (TPSA) is 29.5 Å². The lowest BCUT2D eigenvalue weighted by atomic mass is 10.0. The van der Waals surface area contributed by atoms with Gasteiger partial charge in [-0.3, -0.25) is 4.79 Å². The van der Waals surface area contributed by atoms with Gasteiger partial charge in [0.05, 0.1) is 12.0 Å². The Labute approximate surface area is 135 Å². The number of carbonyl (C=O) groups excluding carboxylic acids is 1. The number of amides is 1. The van der Waals surface area contributed by atoms with Crippen LogP contribution in [0.5, 0.6) is 0 Å². The summed E-state index contributed by atoms with van der Waals surface area (Å²) < 4.78 is 5.76. The van der Waals surface area contributed by atoms with E-state index in [9.17, 15) is 4.79 Å². The predicted octanol–water partition coefficient (Wildman–Crippen LogP) is 3.36.